The Bertz CT molecular complexity index is 624. The van der Waals surface area contributed by atoms with Crippen LogP contribution in [0.3, 0.4) is 0 Å². The maximum atomic E-state index is 11.8. The summed E-state index contributed by atoms with van der Waals surface area (Å²) in [5.41, 5.74) is 3.90. The molecule has 0 fully saturated rings. The van der Waals surface area contributed by atoms with Crippen molar-refractivity contribution < 1.29 is 9.53 Å². The number of hydrogen-bond acceptors (Lipinski definition) is 3. The molecule has 2 aromatic rings. The number of nitrogens with zero attached hydrogens (tertiary/aromatic N) is 1. The molecule has 20 heavy (non-hydrogen) atoms. The Morgan fingerprint density at radius 3 is 2.65 bits per heavy atom. The van der Waals surface area contributed by atoms with Gasteiger partial charge in [0.2, 0.25) is 0 Å². The number of carbonyl (C=O) groups excluding carboxylic acids is 1. The van der Waals surface area contributed by atoms with E-state index in [1.165, 1.54) is 0 Å². The number of amides is 1. The van der Waals surface area contributed by atoms with Crippen molar-refractivity contribution in [2.45, 2.75) is 0 Å². The predicted octanol–water partition coefficient (Wildman–Crippen LogP) is 3.22. The molecular weight excluding hydrogens is 320 g/mol. The average molecular weight is 333 g/mol. The van der Waals surface area contributed by atoms with Crippen LogP contribution in [0.1, 0.15) is 15.9 Å². The molecule has 0 aliphatic heterocycles. The van der Waals surface area contributed by atoms with Gasteiger partial charge in [0.25, 0.3) is 5.91 Å². The summed E-state index contributed by atoms with van der Waals surface area (Å²) in [5.74, 6) is 0.443. The van der Waals surface area contributed by atoms with E-state index in [0.717, 1.165) is 10.0 Å². The highest BCUT2D eigenvalue weighted by molar-refractivity contribution is 9.10. The molecule has 2 rings (SSSR count). The van der Waals surface area contributed by atoms with Crippen LogP contribution in [-0.4, -0.2) is 19.2 Å². The molecular formula is C15H13BrN2O2. The first-order valence-electron chi connectivity index (χ1n) is 5.92. The van der Waals surface area contributed by atoms with E-state index in [1.807, 2.05) is 24.3 Å². The molecule has 1 N–H and O–H groups in total. The number of benzene rings is 2. The van der Waals surface area contributed by atoms with Gasteiger partial charge in [-0.2, -0.15) is 5.10 Å². The molecule has 0 aliphatic rings. The highest BCUT2D eigenvalue weighted by Gasteiger charge is 2.03. The molecule has 0 atom stereocenters. The summed E-state index contributed by atoms with van der Waals surface area (Å²) < 4.78 is 5.99. The first-order valence-corrected chi connectivity index (χ1v) is 6.71. The Hall–Kier alpha value is -2.14. The van der Waals surface area contributed by atoms with Crippen LogP contribution in [0.15, 0.2) is 58.1 Å². The van der Waals surface area contributed by atoms with E-state index < -0.39 is 0 Å². The summed E-state index contributed by atoms with van der Waals surface area (Å²) in [6.45, 7) is 0. The van der Waals surface area contributed by atoms with E-state index in [1.54, 1.807) is 37.6 Å². The second-order valence-corrected chi connectivity index (χ2v) is 4.90. The van der Waals surface area contributed by atoms with E-state index in [9.17, 15) is 4.79 Å². The van der Waals surface area contributed by atoms with Crippen LogP contribution in [0.5, 0.6) is 5.75 Å². The smallest absolute Gasteiger partial charge is 0.271 e. The van der Waals surface area contributed by atoms with E-state index in [-0.39, 0.29) is 5.91 Å². The van der Waals surface area contributed by atoms with Crippen molar-refractivity contribution in [1.82, 2.24) is 5.43 Å². The van der Waals surface area contributed by atoms with Crippen LogP contribution in [0.4, 0.5) is 0 Å². The maximum absolute atomic E-state index is 11.8. The number of halogens is 1. The van der Waals surface area contributed by atoms with Gasteiger partial charge in [0, 0.05) is 10.0 Å². The molecule has 0 spiro atoms. The van der Waals surface area contributed by atoms with Crippen molar-refractivity contribution in [2.24, 2.45) is 5.10 Å². The molecule has 0 radical (unpaired) electrons. The Balaban J connectivity index is 1.97. The first-order chi connectivity index (χ1) is 9.69. The molecule has 0 heterocycles. The van der Waals surface area contributed by atoms with Crippen molar-refractivity contribution in [3.8, 4) is 5.75 Å². The zero-order valence-corrected chi connectivity index (χ0v) is 12.4. The SMILES string of the molecule is COc1ccc(C(=O)NN=Cc2cccc(Br)c2)cc1. The van der Waals surface area contributed by atoms with Gasteiger partial charge >= 0.3 is 0 Å². The van der Waals surface area contributed by atoms with E-state index in [0.29, 0.717) is 11.3 Å². The molecule has 0 unspecified atom stereocenters. The Labute approximate surface area is 125 Å². The van der Waals surface area contributed by atoms with Gasteiger partial charge in [-0.1, -0.05) is 28.1 Å². The third-order valence-electron chi connectivity index (χ3n) is 2.58. The van der Waals surface area contributed by atoms with Crippen molar-refractivity contribution in [1.29, 1.82) is 0 Å². The van der Waals surface area contributed by atoms with Gasteiger partial charge in [-0.15, -0.1) is 0 Å². The molecule has 1 amide bonds. The largest absolute Gasteiger partial charge is 0.497 e. The lowest BCUT2D eigenvalue weighted by Gasteiger charge is -2.02. The maximum Gasteiger partial charge on any atom is 0.271 e. The fourth-order valence-corrected chi connectivity index (χ4v) is 1.98. The van der Waals surface area contributed by atoms with Crippen LogP contribution in [0.25, 0.3) is 0 Å². The van der Waals surface area contributed by atoms with Crippen molar-refractivity contribution in [3.63, 3.8) is 0 Å². The summed E-state index contributed by atoms with van der Waals surface area (Å²) in [6, 6.07) is 14.5. The number of rotatable bonds is 4. The fourth-order valence-electron chi connectivity index (χ4n) is 1.56. The number of nitrogens with one attached hydrogen (secondary N) is 1. The lowest BCUT2D eigenvalue weighted by molar-refractivity contribution is 0.0955. The molecule has 0 bridgehead atoms. The summed E-state index contributed by atoms with van der Waals surface area (Å²) in [5, 5.41) is 3.92. The van der Waals surface area contributed by atoms with Crippen LogP contribution < -0.4 is 10.2 Å². The minimum atomic E-state index is -0.265. The fraction of sp³-hybridized carbons (Fsp3) is 0.0667. The van der Waals surface area contributed by atoms with Crippen molar-refractivity contribution >= 4 is 28.1 Å². The van der Waals surface area contributed by atoms with Crippen LogP contribution in [0, 0.1) is 0 Å². The second-order valence-electron chi connectivity index (χ2n) is 3.98. The summed E-state index contributed by atoms with van der Waals surface area (Å²) in [6.07, 6.45) is 1.59. The third kappa shape index (κ3) is 3.93. The van der Waals surface area contributed by atoms with Gasteiger partial charge < -0.3 is 4.74 Å². The molecule has 5 heteroatoms. The summed E-state index contributed by atoms with van der Waals surface area (Å²) >= 11 is 3.37. The number of hydrazone groups is 1. The van der Waals surface area contributed by atoms with E-state index in [4.69, 9.17) is 4.74 Å². The zero-order valence-electron chi connectivity index (χ0n) is 10.8. The predicted molar refractivity (Wildman–Crippen MR) is 82.2 cm³/mol. The van der Waals surface area contributed by atoms with Gasteiger partial charge in [0.05, 0.1) is 13.3 Å². The highest BCUT2D eigenvalue weighted by atomic mass is 79.9. The van der Waals surface area contributed by atoms with Gasteiger partial charge in [0.1, 0.15) is 5.75 Å². The van der Waals surface area contributed by atoms with Crippen LogP contribution in [-0.2, 0) is 0 Å². The monoisotopic (exact) mass is 332 g/mol. The Kier molecular flexibility index (Phi) is 4.90. The number of ether oxygens (including phenoxy) is 1. The summed E-state index contributed by atoms with van der Waals surface area (Å²) in [7, 11) is 1.58. The second kappa shape index (κ2) is 6.86. The first kappa shape index (κ1) is 14.3. The van der Waals surface area contributed by atoms with E-state index >= 15 is 0 Å². The lowest BCUT2D eigenvalue weighted by Crippen LogP contribution is -2.17. The standard InChI is InChI=1S/C15H13BrN2O2/c1-20-14-7-5-12(6-8-14)15(19)18-17-10-11-3-2-4-13(16)9-11/h2-10H,1H3,(H,18,19). The molecule has 0 aliphatic carbocycles. The molecule has 4 nitrogen and oxygen atoms in total. The molecule has 0 saturated carbocycles. The van der Waals surface area contributed by atoms with Crippen LogP contribution in [0.2, 0.25) is 0 Å². The Morgan fingerprint density at radius 1 is 1.25 bits per heavy atom. The molecule has 2 aromatic carbocycles. The normalized spacial score (nSPS) is 10.5. The number of methoxy groups -OCH3 is 1. The zero-order chi connectivity index (χ0) is 14.4. The minimum Gasteiger partial charge on any atom is -0.497 e. The van der Waals surface area contributed by atoms with Crippen molar-refractivity contribution in [3.05, 3.63) is 64.1 Å². The molecule has 0 saturated heterocycles. The Morgan fingerprint density at radius 2 is 2.00 bits per heavy atom. The molecule has 102 valence electrons. The van der Waals surface area contributed by atoms with Crippen molar-refractivity contribution in [2.75, 3.05) is 7.11 Å². The third-order valence-corrected chi connectivity index (χ3v) is 3.07. The van der Waals surface area contributed by atoms with Crippen LogP contribution >= 0.6 is 15.9 Å². The molecule has 0 aromatic heterocycles. The van der Waals surface area contributed by atoms with Gasteiger partial charge in [-0.05, 0) is 42.0 Å². The minimum absolute atomic E-state index is 0.265. The quantitative estimate of drug-likeness (QED) is 0.690. The van der Waals surface area contributed by atoms with Gasteiger partial charge in [0.15, 0.2) is 0 Å². The van der Waals surface area contributed by atoms with Gasteiger partial charge in [-0.3, -0.25) is 4.79 Å². The average Bonchev–Trinajstić information content (AvgIpc) is 2.47. The lowest BCUT2D eigenvalue weighted by atomic mass is 10.2. The van der Waals surface area contributed by atoms with E-state index in [2.05, 4.69) is 26.5 Å². The number of hydrogen-bond donors (Lipinski definition) is 1. The summed E-state index contributed by atoms with van der Waals surface area (Å²) in [4.78, 5) is 11.8. The highest BCUT2D eigenvalue weighted by Crippen LogP contribution is 2.11. The topological polar surface area (TPSA) is 50.7 Å². The number of carbonyl (C=O) groups is 1. The van der Waals surface area contributed by atoms with Gasteiger partial charge in [-0.25, -0.2) is 5.43 Å².